The SMILES string of the molecule is CC1(C)CCCC1C(=O)Cc1ccc(F)c(Br)c1. The molecule has 0 aliphatic heterocycles. The molecule has 0 saturated heterocycles. The molecule has 0 heterocycles. The molecule has 0 bridgehead atoms. The van der Waals surface area contributed by atoms with Crippen molar-refractivity contribution < 1.29 is 9.18 Å². The van der Waals surface area contributed by atoms with Crippen LogP contribution in [0.15, 0.2) is 22.7 Å². The van der Waals surface area contributed by atoms with E-state index >= 15 is 0 Å². The number of carbonyl (C=O) groups excluding carboxylic acids is 1. The molecule has 1 unspecified atom stereocenters. The van der Waals surface area contributed by atoms with Crippen LogP contribution in [0.2, 0.25) is 0 Å². The summed E-state index contributed by atoms with van der Waals surface area (Å²) in [5.41, 5.74) is 1.00. The van der Waals surface area contributed by atoms with Crippen LogP contribution in [0.1, 0.15) is 38.7 Å². The number of hydrogen-bond acceptors (Lipinski definition) is 1. The molecule has 1 atom stereocenters. The first-order chi connectivity index (χ1) is 8.40. The average Bonchev–Trinajstić information content (AvgIpc) is 2.63. The maximum atomic E-state index is 13.1. The van der Waals surface area contributed by atoms with E-state index in [1.807, 2.05) is 0 Å². The van der Waals surface area contributed by atoms with Gasteiger partial charge in [-0.3, -0.25) is 4.79 Å². The molecule has 1 aliphatic rings. The lowest BCUT2D eigenvalue weighted by Crippen LogP contribution is -2.27. The fourth-order valence-electron chi connectivity index (χ4n) is 2.90. The molecular formula is C15H18BrFO. The van der Waals surface area contributed by atoms with E-state index in [1.165, 1.54) is 6.07 Å². The standard InChI is InChI=1S/C15H18BrFO/c1-15(2)7-3-4-11(15)14(18)9-10-5-6-13(17)12(16)8-10/h5-6,8,11H,3-4,7,9H2,1-2H3. The molecule has 1 aromatic rings. The molecule has 1 saturated carbocycles. The first kappa shape index (κ1) is 13.7. The van der Waals surface area contributed by atoms with Gasteiger partial charge in [-0.25, -0.2) is 4.39 Å². The Kier molecular flexibility index (Phi) is 3.90. The molecule has 0 radical (unpaired) electrons. The first-order valence-corrected chi connectivity index (χ1v) is 7.16. The molecule has 0 spiro atoms. The second kappa shape index (κ2) is 5.12. The smallest absolute Gasteiger partial charge is 0.140 e. The largest absolute Gasteiger partial charge is 0.299 e. The Morgan fingerprint density at radius 2 is 2.22 bits per heavy atom. The van der Waals surface area contributed by atoms with Crippen molar-refractivity contribution in [3.63, 3.8) is 0 Å². The Labute approximate surface area is 116 Å². The summed E-state index contributed by atoms with van der Waals surface area (Å²) in [5.74, 6) is 0.157. The van der Waals surface area contributed by atoms with Gasteiger partial charge in [0.05, 0.1) is 4.47 Å². The quantitative estimate of drug-likeness (QED) is 0.801. The summed E-state index contributed by atoms with van der Waals surface area (Å²) in [6, 6.07) is 4.81. The van der Waals surface area contributed by atoms with Crippen LogP contribution in [0.3, 0.4) is 0 Å². The predicted octanol–water partition coefficient (Wildman–Crippen LogP) is 4.53. The van der Waals surface area contributed by atoms with Crippen molar-refractivity contribution >= 4 is 21.7 Å². The fourth-order valence-corrected chi connectivity index (χ4v) is 3.32. The Hall–Kier alpha value is -0.700. The summed E-state index contributed by atoms with van der Waals surface area (Å²) >= 11 is 3.16. The highest BCUT2D eigenvalue weighted by Crippen LogP contribution is 2.43. The molecule has 2 rings (SSSR count). The zero-order valence-electron chi connectivity index (χ0n) is 10.8. The van der Waals surface area contributed by atoms with Crippen LogP contribution >= 0.6 is 15.9 Å². The highest BCUT2D eigenvalue weighted by Gasteiger charge is 2.38. The lowest BCUT2D eigenvalue weighted by Gasteiger charge is -2.25. The van der Waals surface area contributed by atoms with Gasteiger partial charge in [0.2, 0.25) is 0 Å². The van der Waals surface area contributed by atoms with E-state index in [2.05, 4.69) is 29.8 Å². The van der Waals surface area contributed by atoms with Crippen LogP contribution in [0.25, 0.3) is 0 Å². The number of rotatable bonds is 3. The third kappa shape index (κ3) is 2.82. The summed E-state index contributed by atoms with van der Waals surface area (Å²) in [4.78, 5) is 12.3. The van der Waals surface area contributed by atoms with E-state index in [-0.39, 0.29) is 22.9 Å². The molecule has 0 aromatic heterocycles. The minimum atomic E-state index is -0.285. The zero-order chi connectivity index (χ0) is 13.3. The van der Waals surface area contributed by atoms with Gasteiger partial charge in [-0.1, -0.05) is 26.3 Å². The minimum absolute atomic E-state index is 0.119. The lowest BCUT2D eigenvalue weighted by atomic mass is 9.78. The van der Waals surface area contributed by atoms with Gasteiger partial charge in [-0.2, -0.15) is 0 Å². The molecule has 1 aliphatic carbocycles. The van der Waals surface area contributed by atoms with Crippen LogP contribution in [0.4, 0.5) is 4.39 Å². The zero-order valence-corrected chi connectivity index (χ0v) is 12.4. The normalized spacial score (nSPS) is 22.1. The molecular weight excluding hydrogens is 295 g/mol. The van der Waals surface area contributed by atoms with Crippen LogP contribution in [0, 0.1) is 17.2 Å². The average molecular weight is 313 g/mol. The number of halogens is 2. The monoisotopic (exact) mass is 312 g/mol. The van der Waals surface area contributed by atoms with Crippen molar-refractivity contribution in [1.82, 2.24) is 0 Å². The van der Waals surface area contributed by atoms with Crippen molar-refractivity contribution in [2.45, 2.75) is 39.5 Å². The minimum Gasteiger partial charge on any atom is -0.299 e. The van der Waals surface area contributed by atoms with Crippen LogP contribution in [-0.4, -0.2) is 5.78 Å². The topological polar surface area (TPSA) is 17.1 Å². The predicted molar refractivity (Wildman–Crippen MR) is 73.9 cm³/mol. The molecule has 0 amide bonds. The summed E-state index contributed by atoms with van der Waals surface area (Å²) in [6.07, 6.45) is 3.66. The Balaban J connectivity index is 2.09. The van der Waals surface area contributed by atoms with Crippen molar-refractivity contribution in [2.75, 3.05) is 0 Å². The molecule has 18 heavy (non-hydrogen) atoms. The Morgan fingerprint density at radius 1 is 1.50 bits per heavy atom. The summed E-state index contributed by atoms with van der Waals surface area (Å²) in [5, 5.41) is 0. The summed E-state index contributed by atoms with van der Waals surface area (Å²) in [7, 11) is 0. The van der Waals surface area contributed by atoms with Gasteiger partial charge in [0.1, 0.15) is 11.6 Å². The summed E-state index contributed by atoms with van der Waals surface area (Å²) in [6.45, 7) is 4.34. The lowest BCUT2D eigenvalue weighted by molar-refractivity contribution is -0.124. The molecule has 3 heteroatoms. The second-order valence-corrected chi connectivity index (χ2v) is 6.68. The highest BCUT2D eigenvalue weighted by atomic mass is 79.9. The summed E-state index contributed by atoms with van der Waals surface area (Å²) < 4.78 is 13.6. The molecule has 0 N–H and O–H groups in total. The van der Waals surface area contributed by atoms with Gasteiger partial charge in [0, 0.05) is 12.3 Å². The van der Waals surface area contributed by atoms with E-state index < -0.39 is 0 Å². The van der Waals surface area contributed by atoms with Gasteiger partial charge >= 0.3 is 0 Å². The molecule has 1 aromatic carbocycles. The third-order valence-corrected chi connectivity index (χ3v) is 4.62. The number of hydrogen-bond donors (Lipinski definition) is 0. The van der Waals surface area contributed by atoms with Gasteiger partial charge < -0.3 is 0 Å². The Bertz CT molecular complexity index is 468. The van der Waals surface area contributed by atoms with Gasteiger partial charge in [0.15, 0.2) is 0 Å². The van der Waals surface area contributed by atoms with Crippen molar-refractivity contribution in [3.05, 3.63) is 34.1 Å². The van der Waals surface area contributed by atoms with Gasteiger partial charge in [0.25, 0.3) is 0 Å². The van der Waals surface area contributed by atoms with Crippen molar-refractivity contribution in [3.8, 4) is 0 Å². The number of benzene rings is 1. The highest BCUT2D eigenvalue weighted by molar-refractivity contribution is 9.10. The van der Waals surface area contributed by atoms with E-state index in [0.29, 0.717) is 10.9 Å². The number of ketones is 1. The van der Waals surface area contributed by atoms with E-state index in [0.717, 1.165) is 24.8 Å². The molecule has 1 nitrogen and oxygen atoms in total. The van der Waals surface area contributed by atoms with E-state index in [4.69, 9.17) is 0 Å². The van der Waals surface area contributed by atoms with E-state index in [1.54, 1.807) is 12.1 Å². The van der Waals surface area contributed by atoms with Crippen molar-refractivity contribution in [1.29, 1.82) is 0 Å². The van der Waals surface area contributed by atoms with Crippen molar-refractivity contribution in [2.24, 2.45) is 11.3 Å². The van der Waals surface area contributed by atoms with Crippen LogP contribution < -0.4 is 0 Å². The third-order valence-electron chi connectivity index (χ3n) is 4.01. The fraction of sp³-hybridized carbons (Fsp3) is 0.533. The molecule has 1 fully saturated rings. The van der Waals surface area contributed by atoms with Gasteiger partial charge in [-0.15, -0.1) is 0 Å². The number of Topliss-reactive ketones (excluding diaryl/α,β-unsaturated/α-hetero) is 1. The number of carbonyl (C=O) groups is 1. The van der Waals surface area contributed by atoms with Crippen LogP contribution in [-0.2, 0) is 11.2 Å². The van der Waals surface area contributed by atoms with Gasteiger partial charge in [-0.05, 0) is 51.9 Å². The second-order valence-electron chi connectivity index (χ2n) is 5.82. The molecule has 98 valence electrons. The van der Waals surface area contributed by atoms with Crippen LogP contribution in [0.5, 0.6) is 0 Å². The van der Waals surface area contributed by atoms with E-state index in [9.17, 15) is 9.18 Å². The first-order valence-electron chi connectivity index (χ1n) is 6.37. The Morgan fingerprint density at radius 3 is 2.78 bits per heavy atom. The maximum absolute atomic E-state index is 13.1. The maximum Gasteiger partial charge on any atom is 0.140 e.